The van der Waals surface area contributed by atoms with Gasteiger partial charge in [-0.1, -0.05) is 0 Å². The molecule has 6 nitrogen and oxygen atoms in total. The zero-order valence-electron chi connectivity index (χ0n) is 11.4. The summed E-state index contributed by atoms with van der Waals surface area (Å²) in [5, 5.41) is 8.76. The predicted octanol–water partition coefficient (Wildman–Crippen LogP) is 0.719. The molecule has 1 unspecified atom stereocenters. The summed E-state index contributed by atoms with van der Waals surface area (Å²) in [6.07, 6.45) is 4.76. The van der Waals surface area contributed by atoms with Gasteiger partial charge in [0.15, 0.2) is 0 Å². The van der Waals surface area contributed by atoms with E-state index in [4.69, 9.17) is 5.26 Å². The summed E-state index contributed by atoms with van der Waals surface area (Å²) < 4.78 is 24.8. The molecule has 0 radical (unpaired) electrons. The van der Waals surface area contributed by atoms with Crippen LogP contribution in [0, 0.1) is 17.2 Å². The molecule has 1 N–H and O–H groups in total. The van der Waals surface area contributed by atoms with Gasteiger partial charge in [0.1, 0.15) is 11.9 Å². The zero-order chi connectivity index (χ0) is 14.6. The van der Waals surface area contributed by atoms with Crippen molar-refractivity contribution in [1.82, 2.24) is 9.71 Å². The molecule has 2 rings (SSSR count). The van der Waals surface area contributed by atoms with Gasteiger partial charge in [-0.15, -0.1) is 0 Å². The molecule has 1 aromatic rings. The highest BCUT2D eigenvalue weighted by molar-refractivity contribution is 7.88. The molecular weight excluding hydrogens is 276 g/mol. The third-order valence-corrected chi connectivity index (χ3v) is 4.05. The van der Waals surface area contributed by atoms with E-state index >= 15 is 0 Å². The van der Waals surface area contributed by atoms with E-state index in [2.05, 4.69) is 14.6 Å². The van der Waals surface area contributed by atoms with Gasteiger partial charge < -0.3 is 4.90 Å². The van der Waals surface area contributed by atoms with Crippen molar-refractivity contribution in [3.8, 4) is 6.07 Å². The van der Waals surface area contributed by atoms with Crippen LogP contribution in [0.4, 0.5) is 5.82 Å². The molecule has 7 heteroatoms. The third kappa shape index (κ3) is 4.18. The molecular formula is C13H18N4O2S. The lowest BCUT2D eigenvalue weighted by atomic mass is 9.98. The fraction of sp³-hybridized carbons (Fsp3) is 0.538. The van der Waals surface area contributed by atoms with E-state index in [0.29, 0.717) is 12.1 Å². The summed E-state index contributed by atoms with van der Waals surface area (Å²) in [4.78, 5) is 6.42. The number of hydrogen-bond acceptors (Lipinski definition) is 5. The minimum atomic E-state index is -3.13. The van der Waals surface area contributed by atoms with Gasteiger partial charge in [-0.25, -0.2) is 18.1 Å². The van der Waals surface area contributed by atoms with Gasteiger partial charge in [0, 0.05) is 25.8 Å². The molecule has 0 bridgehead atoms. The molecule has 0 aromatic carbocycles. The summed E-state index contributed by atoms with van der Waals surface area (Å²) in [6.45, 7) is 2.15. The van der Waals surface area contributed by atoms with E-state index in [0.717, 1.165) is 31.7 Å². The van der Waals surface area contributed by atoms with Crippen molar-refractivity contribution in [2.24, 2.45) is 5.92 Å². The summed E-state index contributed by atoms with van der Waals surface area (Å²) in [5.74, 6) is 1.13. The number of sulfonamides is 1. The van der Waals surface area contributed by atoms with Gasteiger partial charge in [-0.05, 0) is 30.9 Å². The van der Waals surface area contributed by atoms with Gasteiger partial charge >= 0.3 is 0 Å². The van der Waals surface area contributed by atoms with Crippen molar-refractivity contribution in [3.05, 3.63) is 23.9 Å². The van der Waals surface area contributed by atoms with Gasteiger partial charge in [0.2, 0.25) is 10.0 Å². The lowest BCUT2D eigenvalue weighted by Gasteiger charge is -2.33. The molecule has 1 aromatic heterocycles. The lowest BCUT2D eigenvalue weighted by Crippen LogP contribution is -2.41. The van der Waals surface area contributed by atoms with Gasteiger partial charge in [0.25, 0.3) is 0 Å². The van der Waals surface area contributed by atoms with E-state index in [1.807, 2.05) is 12.1 Å². The molecule has 20 heavy (non-hydrogen) atoms. The molecule has 0 saturated carbocycles. The number of nitrogens with one attached hydrogen (secondary N) is 1. The number of nitrogens with zero attached hydrogens (tertiary/aromatic N) is 3. The molecule has 108 valence electrons. The van der Waals surface area contributed by atoms with Crippen molar-refractivity contribution in [3.63, 3.8) is 0 Å². The van der Waals surface area contributed by atoms with Crippen LogP contribution in [0.1, 0.15) is 18.4 Å². The van der Waals surface area contributed by atoms with Crippen LogP contribution >= 0.6 is 0 Å². The number of pyridine rings is 1. The highest BCUT2D eigenvalue weighted by atomic mass is 32.2. The first-order chi connectivity index (χ1) is 9.48. The minimum absolute atomic E-state index is 0.288. The quantitative estimate of drug-likeness (QED) is 0.884. The van der Waals surface area contributed by atoms with E-state index < -0.39 is 10.0 Å². The van der Waals surface area contributed by atoms with Crippen LogP contribution < -0.4 is 9.62 Å². The molecule has 1 saturated heterocycles. The Morgan fingerprint density at radius 1 is 1.55 bits per heavy atom. The highest BCUT2D eigenvalue weighted by Gasteiger charge is 2.21. The van der Waals surface area contributed by atoms with E-state index in [1.54, 1.807) is 12.3 Å². The molecule has 0 aliphatic carbocycles. The summed E-state index contributed by atoms with van der Waals surface area (Å²) >= 11 is 0. The molecule has 1 fully saturated rings. The number of piperidine rings is 1. The third-order valence-electron chi connectivity index (χ3n) is 3.35. The van der Waals surface area contributed by atoms with Crippen molar-refractivity contribution in [1.29, 1.82) is 5.26 Å². The Labute approximate surface area is 119 Å². The maximum absolute atomic E-state index is 11.1. The van der Waals surface area contributed by atoms with Gasteiger partial charge in [0.05, 0.1) is 11.8 Å². The Morgan fingerprint density at radius 3 is 2.95 bits per heavy atom. The molecule has 2 heterocycles. The SMILES string of the molecule is CS(=O)(=O)NCC1CCCN(c2ccc(C#N)cn2)C1. The molecule has 0 amide bonds. The van der Waals surface area contributed by atoms with Gasteiger partial charge in [-0.3, -0.25) is 0 Å². The lowest BCUT2D eigenvalue weighted by molar-refractivity contribution is 0.409. The summed E-state index contributed by atoms with van der Waals surface area (Å²) in [6, 6.07) is 5.63. The van der Waals surface area contributed by atoms with Crippen LogP contribution in [0.5, 0.6) is 0 Å². The van der Waals surface area contributed by atoms with Crippen LogP contribution in [0.25, 0.3) is 0 Å². The first-order valence-electron chi connectivity index (χ1n) is 6.53. The second-order valence-electron chi connectivity index (χ2n) is 5.09. The molecule has 0 spiro atoms. The average molecular weight is 294 g/mol. The average Bonchev–Trinajstić information content (AvgIpc) is 2.45. The summed E-state index contributed by atoms with van der Waals surface area (Å²) in [7, 11) is -3.13. The number of hydrogen-bond donors (Lipinski definition) is 1. The van der Waals surface area contributed by atoms with Crippen LogP contribution in [0.3, 0.4) is 0 Å². The van der Waals surface area contributed by atoms with Gasteiger partial charge in [-0.2, -0.15) is 5.26 Å². The first-order valence-corrected chi connectivity index (χ1v) is 8.43. The maximum atomic E-state index is 11.1. The zero-order valence-corrected chi connectivity index (χ0v) is 12.2. The Bertz CT molecular complexity index is 592. The Morgan fingerprint density at radius 2 is 2.35 bits per heavy atom. The predicted molar refractivity (Wildman–Crippen MR) is 76.7 cm³/mol. The molecule has 1 aliphatic rings. The normalized spacial score (nSPS) is 19.6. The number of aromatic nitrogens is 1. The van der Waals surface area contributed by atoms with Crippen LogP contribution in [0.15, 0.2) is 18.3 Å². The topological polar surface area (TPSA) is 86.1 Å². The number of anilines is 1. The van der Waals surface area contributed by atoms with Crippen molar-refractivity contribution in [2.45, 2.75) is 12.8 Å². The fourth-order valence-electron chi connectivity index (χ4n) is 2.35. The standard InChI is InChI=1S/C13H18N4O2S/c1-20(18,19)16-9-12-3-2-6-17(10-12)13-5-4-11(7-14)8-15-13/h4-5,8,12,16H,2-3,6,9-10H2,1H3. The Hall–Kier alpha value is -1.65. The monoisotopic (exact) mass is 294 g/mol. The highest BCUT2D eigenvalue weighted by Crippen LogP contribution is 2.21. The smallest absolute Gasteiger partial charge is 0.208 e. The van der Waals surface area contributed by atoms with E-state index in [9.17, 15) is 8.42 Å². The fourth-order valence-corrected chi connectivity index (χ4v) is 2.89. The van der Waals surface area contributed by atoms with Crippen molar-refractivity contribution >= 4 is 15.8 Å². The van der Waals surface area contributed by atoms with Crippen LogP contribution in [-0.2, 0) is 10.0 Å². The number of nitriles is 1. The maximum Gasteiger partial charge on any atom is 0.208 e. The Balaban J connectivity index is 1.97. The first kappa shape index (κ1) is 14.8. The molecule has 1 atom stereocenters. The second kappa shape index (κ2) is 6.20. The summed E-state index contributed by atoms with van der Waals surface area (Å²) in [5.41, 5.74) is 0.543. The Kier molecular flexibility index (Phi) is 4.57. The van der Waals surface area contributed by atoms with Crippen molar-refractivity contribution < 1.29 is 8.42 Å². The number of rotatable bonds is 4. The van der Waals surface area contributed by atoms with E-state index in [-0.39, 0.29) is 5.92 Å². The molecule has 1 aliphatic heterocycles. The van der Waals surface area contributed by atoms with E-state index in [1.165, 1.54) is 6.26 Å². The van der Waals surface area contributed by atoms with Crippen LogP contribution in [0.2, 0.25) is 0 Å². The second-order valence-corrected chi connectivity index (χ2v) is 6.92. The minimum Gasteiger partial charge on any atom is -0.356 e. The van der Waals surface area contributed by atoms with Crippen LogP contribution in [-0.4, -0.2) is 39.3 Å². The largest absolute Gasteiger partial charge is 0.356 e. The van der Waals surface area contributed by atoms with Crippen molar-refractivity contribution in [2.75, 3.05) is 30.8 Å².